The van der Waals surface area contributed by atoms with Crippen LogP contribution < -0.4 is 5.32 Å². The van der Waals surface area contributed by atoms with Gasteiger partial charge in [-0.3, -0.25) is 4.79 Å². The Hall–Kier alpha value is -0.530. The molecule has 0 bridgehead atoms. The summed E-state index contributed by atoms with van der Waals surface area (Å²) in [5.74, 6) is 0.968. The first-order valence-corrected chi connectivity index (χ1v) is 2.99. The third-order valence-corrected chi connectivity index (χ3v) is 1.87. The molecule has 0 radical (unpaired) electrons. The van der Waals surface area contributed by atoms with Gasteiger partial charge in [-0.2, -0.15) is 0 Å². The summed E-state index contributed by atoms with van der Waals surface area (Å²) in [7, 11) is 0. The highest BCUT2D eigenvalue weighted by Crippen LogP contribution is 2.14. The summed E-state index contributed by atoms with van der Waals surface area (Å²) in [5.41, 5.74) is 0. The van der Waals surface area contributed by atoms with Crippen LogP contribution >= 0.6 is 0 Å². The lowest BCUT2D eigenvalue weighted by Gasteiger charge is -2.00. The Morgan fingerprint density at radius 3 is 2.38 bits per heavy atom. The molecule has 2 heteroatoms. The normalized spacial score (nSPS) is 37.5. The molecule has 0 aromatic rings. The van der Waals surface area contributed by atoms with E-state index in [9.17, 15) is 4.79 Å². The minimum absolute atomic E-state index is 0.206. The van der Waals surface area contributed by atoms with E-state index in [1.54, 1.807) is 0 Å². The van der Waals surface area contributed by atoms with Crippen molar-refractivity contribution in [2.75, 3.05) is 6.54 Å². The van der Waals surface area contributed by atoms with Crippen LogP contribution in [0, 0.1) is 11.8 Å². The molecule has 0 spiro atoms. The molecule has 0 aromatic carbocycles. The van der Waals surface area contributed by atoms with Crippen molar-refractivity contribution in [3.05, 3.63) is 0 Å². The van der Waals surface area contributed by atoms with Gasteiger partial charge in [-0.15, -0.1) is 0 Å². The smallest absolute Gasteiger partial charge is 0.223 e. The molecule has 0 saturated carbocycles. The predicted octanol–water partition coefficient (Wildman–Crippen LogP) is 0.388. The van der Waals surface area contributed by atoms with E-state index in [0.717, 1.165) is 6.54 Å². The number of rotatable bonds is 0. The molecule has 0 aromatic heterocycles. The van der Waals surface area contributed by atoms with Crippen molar-refractivity contribution in [1.29, 1.82) is 0 Å². The zero-order valence-corrected chi connectivity index (χ0v) is 5.27. The Bertz CT molecular complexity index is 111. The Balaban J connectivity index is 2.56. The zero-order valence-electron chi connectivity index (χ0n) is 5.27. The number of nitrogens with one attached hydrogen (secondary N) is 1. The van der Waals surface area contributed by atoms with Crippen LogP contribution in [0.15, 0.2) is 0 Å². The lowest BCUT2D eigenvalue weighted by atomic mass is 10.0. The van der Waals surface area contributed by atoms with E-state index in [1.165, 1.54) is 0 Å². The highest BCUT2D eigenvalue weighted by atomic mass is 16.2. The predicted molar refractivity (Wildman–Crippen MR) is 31.3 cm³/mol. The number of hydrogen-bond acceptors (Lipinski definition) is 1. The Labute approximate surface area is 49.3 Å². The maximum atomic E-state index is 10.7. The molecule has 1 aliphatic heterocycles. The summed E-state index contributed by atoms with van der Waals surface area (Å²) < 4.78 is 0. The molecule has 1 amide bonds. The molecule has 2 nitrogen and oxygen atoms in total. The second-order valence-electron chi connectivity index (χ2n) is 2.51. The van der Waals surface area contributed by atoms with Crippen LogP contribution in [0.2, 0.25) is 0 Å². The van der Waals surface area contributed by atoms with E-state index < -0.39 is 0 Å². The zero-order chi connectivity index (χ0) is 6.15. The fourth-order valence-corrected chi connectivity index (χ4v) is 0.858. The molecule has 0 aliphatic carbocycles. The van der Waals surface area contributed by atoms with E-state index in [2.05, 4.69) is 12.2 Å². The van der Waals surface area contributed by atoms with Gasteiger partial charge in [0.05, 0.1) is 0 Å². The van der Waals surface area contributed by atoms with Crippen molar-refractivity contribution < 1.29 is 4.79 Å². The molecule has 1 heterocycles. The minimum Gasteiger partial charge on any atom is -0.356 e. The van der Waals surface area contributed by atoms with Crippen LogP contribution in [-0.2, 0) is 4.79 Å². The van der Waals surface area contributed by atoms with Crippen molar-refractivity contribution in [3.63, 3.8) is 0 Å². The lowest BCUT2D eigenvalue weighted by Crippen LogP contribution is -2.16. The molecule has 1 saturated heterocycles. The summed E-state index contributed by atoms with van der Waals surface area (Å²) in [4.78, 5) is 10.7. The Morgan fingerprint density at radius 1 is 1.62 bits per heavy atom. The van der Waals surface area contributed by atoms with Gasteiger partial charge in [0.2, 0.25) is 5.91 Å². The molecule has 1 rings (SSSR count). The molecule has 1 aliphatic rings. The fourth-order valence-electron chi connectivity index (χ4n) is 0.858. The van der Waals surface area contributed by atoms with Gasteiger partial charge in [-0.25, -0.2) is 0 Å². The Morgan fingerprint density at radius 2 is 2.25 bits per heavy atom. The number of amides is 1. The van der Waals surface area contributed by atoms with Gasteiger partial charge >= 0.3 is 0 Å². The molecule has 0 unspecified atom stereocenters. The summed E-state index contributed by atoms with van der Waals surface area (Å²) in [6.07, 6.45) is 0. The minimum atomic E-state index is 0.206. The van der Waals surface area contributed by atoms with Crippen LogP contribution in [0.4, 0.5) is 0 Å². The van der Waals surface area contributed by atoms with Gasteiger partial charge in [0.1, 0.15) is 0 Å². The summed E-state index contributed by atoms with van der Waals surface area (Å²) in [6.45, 7) is 4.91. The van der Waals surface area contributed by atoms with Crippen molar-refractivity contribution in [2.45, 2.75) is 13.8 Å². The first kappa shape index (κ1) is 5.60. The van der Waals surface area contributed by atoms with E-state index in [-0.39, 0.29) is 11.8 Å². The standard InChI is InChI=1S/C6H11NO/c1-4-3-7-6(8)5(4)2/h4-5H,3H2,1-2H3,(H,7,8)/t4-,5-/m1/s1. The van der Waals surface area contributed by atoms with Crippen LogP contribution in [0.5, 0.6) is 0 Å². The molecule has 1 N–H and O–H groups in total. The lowest BCUT2D eigenvalue weighted by molar-refractivity contribution is -0.122. The van der Waals surface area contributed by atoms with Crippen molar-refractivity contribution >= 4 is 5.91 Å². The van der Waals surface area contributed by atoms with E-state index in [1.807, 2.05) is 6.92 Å². The summed E-state index contributed by atoms with van der Waals surface area (Å²) >= 11 is 0. The van der Waals surface area contributed by atoms with Gasteiger partial charge in [-0.05, 0) is 5.92 Å². The van der Waals surface area contributed by atoms with E-state index in [0.29, 0.717) is 5.92 Å². The SMILES string of the molecule is C[C@@H]1CNC(=O)[C@@H]1C. The number of carbonyl (C=O) groups is 1. The molecule has 8 heavy (non-hydrogen) atoms. The number of hydrogen-bond donors (Lipinski definition) is 1. The van der Waals surface area contributed by atoms with Gasteiger partial charge < -0.3 is 5.32 Å². The van der Waals surface area contributed by atoms with Crippen LogP contribution in [-0.4, -0.2) is 12.5 Å². The summed E-state index contributed by atoms with van der Waals surface area (Å²) in [6, 6.07) is 0. The van der Waals surface area contributed by atoms with E-state index in [4.69, 9.17) is 0 Å². The van der Waals surface area contributed by atoms with E-state index >= 15 is 0 Å². The van der Waals surface area contributed by atoms with Gasteiger partial charge in [0, 0.05) is 12.5 Å². The average Bonchev–Trinajstić information content (AvgIpc) is 1.98. The second kappa shape index (κ2) is 1.77. The highest BCUT2D eigenvalue weighted by Gasteiger charge is 2.26. The van der Waals surface area contributed by atoms with Crippen LogP contribution in [0.3, 0.4) is 0 Å². The molecule has 1 fully saturated rings. The van der Waals surface area contributed by atoms with Gasteiger partial charge in [-0.1, -0.05) is 13.8 Å². The third-order valence-electron chi connectivity index (χ3n) is 1.87. The maximum absolute atomic E-state index is 10.7. The molecular weight excluding hydrogens is 102 g/mol. The molecule has 2 atom stereocenters. The molecule has 46 valence electrons. The maximum Gasteiger partial charge on any atom is 0.223 e. The number of carbonyl (C=O) groups excluding carboxylic acids is 1. The summed E-state index contributed by atoms with van der Waals surface area (Å²) in [5, 5.41) is 2.78. The van der Waals surface area contributed by atoms with Crippen molar-refractivity contribution in [2.24, 2.45) is 11.8 Å². The van der Waals surface area contributed by atoms with Crippen molar-refractivity contribution in [1.82, 2.24) is 5.32 Å². The highest BCUT2D eigenvalue weighted by molar-refractivity contribution is 5.80. The quantitative estimate of drug-likeness (QED) is 0.483. The Kier molecular flexibility index (Phi) is 1.24. The average molecular weight is 113 g/mol. The third kappa shape index (κ3) is 0.703. The fraction of sp³-hybridized carbons (Fsp3) is 0.833. The van der Waals surface area contributed by atoms with Gasteiger partial charge in [0.15, 0.2) is 0 Å². The monoisotopic (exact) mass is 113 g/mol. The van der Waals surface area contributed by atoms with Crippen LogP contribution in [0.25, 0.3) is 0 Å². The first-order valence-electron chi connectivity index (χ1n) is 2.99. The second-order valence-corrected chi connectivity index (χ2v) is 2.51. The topological polar surface area (TPSA) is 29.1 Å². The van der Waals surface area contributed by atoms with Crippen LogP contribution in [0.1, 0.15) is 13.8 Å². The molecular formula is C6H11NO. The largest absolute Gasteiger partial charge is 0.356 e. The van der Waals surface area contributed by atoms with Gasteiger partial charge in [0.25, 0.3) is 0 Å². The first-order chi connectivity index (χ1) is 3.72. The van der Waals surface area contributed by atoms with Crippen molar-refractivity contribution in [3.8, 4) is 0 Å².